The summed E-state index contributed by atoms with van der Waals surface area (Å²) in [5.41, 5.74) is 1.81. The van der Waals surface area contributed by atoms with Crippen molar-refractivity contribution in [2.45, 2.75) is 0 Å². The fourth-order valence-electron chi connectivity index (χ4n) is 2.20. The third kappa shape index (κ3) is 4.54. The second-order valence-electron chi connectivity index (χ2n) is 5.00. The van der Waals surface area contributed by atoms with Crippen molar-refractivity contribution in [2.75, 3.05) is 38.5 Å². The van der Waals surface area contributed by atoms with Gasteiger partial charge in [0.1, 0.15) is 0 Å². The zero-order valence-corrected chi connectivity index (χ0v) is 14.3. The third-order valence-corrected chi connectivity index (χ3v) is 3.42. The molecule has 0 heterocycles. The third-order valence-electron chi connectivity index (χ3n) is 3.42. The van der Waals surface area contributed by atoms with Crippen LogP contribution in [0, 0.1) is 11.3 Å². The van der Waals surface area contributed by atoms with Crippen molar-refractivity contribution in [3.8, 4) is 23.3 Å². The molecule has 0 aromatic heterocycles. The Morgan fingerprint density at radius 3 is 2.08 bits per heavy atom. The van der Waals surface area contributed by atoms with E-state index in [2.05, 4.69) is 10.6 Å². The molecule has 130 valence electrons. The number of hydrogen-bond acceptors (Lipinski definition) is 6. The number of anilines is 2. The predicted octanol–water partition coefficient (Wildman–Crippen LogP) is 2.63. The number of benzene rings is 2. The van der Waals surface area contributed by atoms with Crippen molar-refractivity contribution in [3.05, 3.63) is 42.0 Å². The van der Waals surface area contributed by atoms with Crippen LogP contribution in [-0.4, -0.2) is 33.8 Å². The van der Waals surface area contributed by atoms with Crippen LogP contribution in [0.2, 0.25) is 0 Å². The Morgan fingerprint density at radius 1 is 1.00 bits per heavy atom. The predicted molar refractivity (Wildman–Crippen MR) is 94.4 cm³/mol. The fraction of sp³-hybridized carbons (Fsp3) is 0.222. The summed E-state index contributed by atoms with van der Waals surface area (Å²) in [6, 6.07) is 12.1. The molecule has 0 aliphatic carbocycles. The quantitative estimate of drug-likeness (QED) is 0.804. The van der Waals surface area contributed by atoms with E-state index in [4.69, 9.17) is 19.5 Å². The van der Waals surface area contributed by atoms with Crippen molar-refractivity contribution in [3.63, 3.8) is 0 Å². The molecular formula is C18H19N3O4. The van der Waals surface area contributed by atoms with E-state index < -0.39 is 0 Å². The molecule has 0 atom stereocenters. The maximum Gasteiger partial charge on any atom is 0.243 e. The molecule has 0 radical (unpaired) electrons. The molecule has 0 aliphatic heterocycles. The summed E-state index contributed by atoms with van der Waals surface area (Å²) in [5.74, 6) is 1.25. The van der Waals surface area contributed by atoms with Gasteiger partial charge in [-0.15, -0.1) is 0 Å². The standard InChI is InChI=1S/C18H19N3O4/c1-23-15-8-14(9-16(24-2)18(15)25-3)20-11-17(22)21-13-6-4-12(10-19)5-7-13/h4-9,20H,11H2,1-3H3,(H,21,22). The lowest BCUT2D eigenvalue weighted by Gasteiger charge is -2.15. The lowest BCUT2D eigenvalue weighted by Crippen LogP contribution is -2.21. The van der Waals surface area contributed by atoms with Crippen molar-refractivity contribution in [1.82, 2.24) is 0 Å². The normalized spacial score (nSPS) is 9.68. The van der Waals surface area contributed by atoms with Gasteiger partial charge in [0, 0.05) is 23.5 Å². The van der Waals surface area contributed by atoms with Gasteiger partial charge >= 0.3 is 0 Å². The summed E-state index contributed by atoms with van der Waals surface area (Å²) in [5, 5.41) is 14.5. The summed E-state index contributed by atoms with van der Waals surface area (Å²) in [6.07, 6.45) is 0. The van der Waals surface area contributed by atoms with Crippen LogP contribution in [0.15, 0.2) is 36.4 Å². The SMILES string of the molecule is COc1cc(NCC(=O)Nc2ccc(C#N)cc2)cc(OC)c1OC. The molecule has 0 aliphatic rings. The number of amides is 1. The van der Waals surface area contributed by atoms with Gasteiger partial charge < -0.3 is 24.8 Å². The number of carbonyl (C=O) groups excluding carboxylic acids is 1. The first-order valence-corrected chi connectivity index (χ1v) is 7.45. The average Bonchev–Trinajstić information content (AvgIpc) is 2.65. The molecule has 7 nitrogen and oxygen atoms in total. The summed E-state index contributed by atoms with van der Waals surface area (Å²) < 4.78 is 15.8. The molecule has 2 aromatic rings. The number of rotatable bonds is 7. The zero-order chi connectivity index (χ0) is 18.2. The number of nitrogens with zero attached hydrogens (tertiary/aromatic N) is 1. The van der Waals surface area contributed by atoms with Crippen LogP contribution in [0.5, 0.6) is 17.2 Å². The molecule has 25 heavy (non-hydrogen) atoms. The van der Waals surface area contributed by atoms with Crippen LogP contribution in [0.3, 0.4) is 0 Å². The fourth-order valence-corrected chi connectivity index (χ4v) is 2.20. The molecule has 2 aromatic carbocycles. The van der Waals surface area contributed by atoms with Crippen LogP contribution in [0.1, 0.15) is 5.56 Å². The highest BCUT2D eigenvalue weighted by Gasteiger charge is 2.13. The molecule has 2 N–H and O–H groups in total. The first-order chi connectivity index (χ1) is 12.1. The number of methoxy groups -OCH3 is 3. The van der Waals surface area contributed by atoms with Gasteiger partial charge in [0.25, 0.3) is 0 Å². The van der Waals surface area contributed by atoms with Gasteiger partial charge in [-0.1, -0.05) is 0 Å². The zero-order valence-electron chi connectivity index (χ0n) is 14.3. The van der Waals surface area contributed by atoms with Gasteiger partial charge in [-0.25, -0.2) is 0 Å². The molecule has 0 saturated carbocycles. The van der Waals surface area contributed by atoms with Crippen LogP contribution in [-0.2, 0) is 4.79 Å². The van der Waals surface area contributed by atoms with E-state index in [0.717, 1.165) is 0 Å². The van der Waals surface area contributed by atoms with Gasteiger partial charge in [0.2, 0.25) is 11.7 Å². The van der Waals surface area contributed by atoms with E-state index >= 15 is 0 Å². The van der Waals surface area contributed by atoms with Gasteiger partial charge in [0.15, 0.2) is 11.5 Å². The topological polar surface area (TPSA) is 92.6 Å². The van der Waals surface area contributed by atoms with Crippen molar-refractivity contribution in [1.29, 1.82) is 5.26 Å². The monoisotopic (exact) mass is 341 g/mol. The van der Waals surface area contributed by atoms with Gasteiger partial charge in [-0.3, -0.25) is 4.79 Å². The van der Waals surface area contributed by atoms with Crippen LogP contribution in [0.25, 0.3) is 0 Å². The van der Waals surface area contributed by atoms with Crippen LogP contribution in [0.4, 0.5) is 11.4 Å². The molecule has 0 bridgehead atoms. The Kier molecular flexibility index (Phi) is 6.07. The first kappa shape index (κ1) is 17.9. The maximum absolute atomic E-state index is 12.0. The highest BCUT2D eigenvalue weighted by molar-refractivity contribution is 5.93. The lowest BCUT2D eigenvalue weighted by molar-refractivity contribution is -0.114. The minimum Gasteiger partial charge on any atom is -0.493 e. The van der Waals surface area contributed by atoms with Gasteiger partial charge in [0.05, 0.1) is 39.5 Å². The Bertz CT molecular complexity index is 757. The molecule has 0 saturated heterocycles. The van der Waals surface area contributed by atoms with E-state index in [1.54, 1.807) is 36.4 Å². The number of ether oxygens (including phenoxy) is 3. The number of nitriles is 1. The van der Waals surface area contributed by atoms with Crippen LogP contribution >= 0.6 is 0 Å². The lowest BCUT2D eigenvalue weighted by atomic mass is 10.2. The highest BCUT2D eigenvalue weighted by atomic mass is 16.5. The summed E-state index contributed by atoms with van der Waals surface area (Å²) in [6.45, 7) is 0.0542. The van der Waals surface area contributed by atoms with Crippen molar-refractivity contribution in [2.24, 2.45) is 0 Å². The summed E-state index contributed by atoms with van der Waals surface area (Å²) >= 11 is 0. The first-order valence-electron chi connectivity index (χ1n) is 7.45. The molecule has 2 rings (SSSR count). The Hall–Kier alpha value is -3.40. The molecule has 0 spiro atoms. The maximum atomic E-state index is 12.0. The largest absolute Gasteiger partial charge is 0.493 e. The summed E-state index contributed by atoms with van der Waals surface area (Å²) in [7, 11) is 4.58. The van der Waals surface area contributed by atoms with E-state index in [1.165, 1.54) is 21.3 Å². The van der Waals surface area contributed by atoms with E-state index in [1.807, 2.05) is 6.07 Å². The number of hydrogen-bond donors (Lipinski definition) is 2. The molecular weight excluding hydrogens is 322 g/mol. The molecule has 7 heteroatoms. The Balaban J connectivity index is 2.02. The van der Waals surface area contributed by atoms with E-state index in [9.17, 15) is 4.79 Å². The Morgan fingerprint density at radius 2 is 1.60 bits per heavy atom. The average molecular weight is 341 g/mol. The molecule has 1 amide bonds. The summed E-state index contributed by atoms with van der Waals surface area (Å²) in [4.78, 5) is 12.0. The number of carbonyl (C=O) groups is 1. The molecule has 0 fully saturated rings. The van der Waals surface area contributed by atoms with E-state index in [0.29, 0.717) is 34.2 Å². The molecule has 0 unspecified atom stereocenters. The number of nitrogens with one attached hydrogen (secondary N) is 2. The second kappa shape index (κ2) is 8.45. The van der Waals surface area contributed by atoms with E-state index in [-0.39, 0.29) is 12.5 Å². The van der Waals surface area contributed by atoms with Crippen molar-refractivity contribution >= 4 is 17.3 Å². The van der Waals surface area contributed by atoms with Gasteiger partial charge in [-0.05, 0) is 24.3 Å². The Labute approximate surface area is 146 Å². The highest BCUT2D eigenvalue weighted by Crippen LogP contribution is 2.39. The van der Waals surface area contributed by atoms with Crippen LogP contribution < -0.4 is 24.8 Å². The van der Waals surface area contributed by atoms with Gasteiger partial charge in [-0.2, -0.15) is 5.26 Å². The minimum absolute atomic E-state index is 0.0542. The smallest absolute Gasteiger partial charge is 0.243 e. The minimum atomic E-state index is -0.224. The second-order valence-corrected chi connectivity index (χ2v) is 5.00. The van der Waals surface area contributed by atoms with Crippen molar-refractivity contribution < 1.29 is 19.0 Å².